The van der Waals surface area contributed by atoms with Crippen LogP contribution in [-0.2, 0) is 24.1 Å². The number of nitrogens with one attached hydrogen (secondary N) is 1. The molecule has 1 fully saturated rings. The molecule has 9 nitrogen and oxygen atoms in total. The molecule has 39 heavy (non-hydrogen) atoms. The average molecular weight is 533 g/mol. The molecule has 0 aliphatic carbocycles. The largest absolute Gasteiger partial charge is 0.504 e. The number of carboxylic acid groups (broad SMARTS) is 1. The van der Waals surface area contributed by atoms with Crippen molar-refractivity contribution in [2.24, 2.45) is 5.92 Å². The first-order valence-electron chi connectivity index (χ1n) is 13.3. The molecule has 2 heterocycles. The molecule has 1 aliphatic rings. The maximum atomic E-state index is 12.3. The van der Waals surface area contributed by atoms with Crippen molar-refractivity contribution in [3.05, 3.63) is 82.4 Å². The molecule has 9 heteroatoms. The third-order valence-electron chi connectivity index (χ3n) is 7.07. The van der Waals surface area contributed by atoms with Crippen molar-refractivity contribution in [2.45, 2.75) is 52.1 Å². The Morgan fingerprint density at radius 3 is 2.18 bits per heavy atom. The van der Waals surface area contributed by atoms with Crippen LogP contribution < -0.4 is 10.2 Å². The van der Waals surface area contributed by atoms with Crippen LogP contribution in [0.4, 0.5) is 5.69 Å². The van der Waals surface area contributed by atoms with Crippen LogP contribution in [0.25, 0.3) is 0 Å². The molecule has 1 aromatic heterocycles. The zero-order valence-corrected chi connectivity index (χ0v) is 22.4. The Morgan fingerprint density at radius 1 is 1.00 bits per heavy atom. The number of piperidine rings is 1. The van der Waals surface area contributed by atoms with E-state index in [1.165, 1.54) is 16.8 Å². The van der Waals surface area contributed by atoms with Gasteiger partial charge in [-0.05, 0) is 74.3 Å². The van der Waals surface area contributed by atoms with E-state index in [1.54, 1.807) is 13.8 Å². The van der Waals surface area contributed by atoms with Gasteiger partial charge >= 0.3 is 5.97 Å². The fourth-order valence-corrected chi connectivity index (χ4v) is 4.96. The van der Waals surface area contributed by atoms with E-state index < -0.39 is 18.4 Å². The van der Waals surface area contributed by atoms with Gasteiger partial charge in [0, 0.05) is 25.2 Å². The first kappa shape index (κ1) is 28.0. The molecule has 0 bridgehead atoms. The third-order valence-corrected chi connectivity index (χ3v) is 7.07. The Labute approximate surface area is 228 Å². The molecule has 1 atom stereocenters. The topological polar surface area (TPSA) is 136 Å². The summed E-state index contributed by atoms with van der Waals surface area (Å²) in [4.78, 5) is 34.0. The van der Waals surface area contributed by atoms with E-state index in [9.17, 15) is 19.8 Å². The number of benzene rings is 2. The number of aromatic hydroxyl groups is 1. The Bertz CT molecular complexity index is 1280. The van der Waals surface area contributed by atoms with Crippen LogP contribution in [-0.4, -0.2) is 62.9 Å². The number of hydrogen-bond acceptors (Lipinski definition) is 7. The van der Waals surface area contributed by atoms with Gasteiger partial charge in [0.15, 0.2) is 11.4 Å². The number of aliphatic carboxylic acids is 1. The van der Waals surface area contributed by atoms with E-state index in [1.807, 2.05) is 0 Å². The zero-order chi connectivity index (χ0) is 27.9. The molecule has 3 aromatic rings. The number of anilines is 1. The smallest absolute Gasteiger partial charge is 0.322 e. The molecule has 206 valence electrons. The molecule has 1 unspecified atom stereocenters. The van der Waals surface area contributed by atoms with Gasteiger partial charge in [0.2, 0.25) is 0 Å². The summed E-state index contributed by atoms with van der Waals surface area (Å²) < 4.78 is 0. The minimum Gasteiger partial charge on any atom is -0.504 e. The summed E-state index contributed by atoms with van der Waals surface area (Å²) in [6.07, 6.45) is 3.68. The first-order valence-corrected chi connectivity index (χ1v) is 13.3. The lowest BCUT2D eigenvalue weighted by molar-refractivity contribution is -0.135. The van der Waals surface area contributed by atoms with Gasteiger partial charge < -0.3 is 25.5 Å². The summed E-state index contributed by atoms with van der Waals surface area (Å²) >= 11 is 0. The van der Waals surface area contributed by atoms with E-state index in [-0.39, 0.29) is 17.5 Å². The number of amides is 1. The van der Waals surface area contributed by atoms with Crippen LogP contribution in [0, 0.1) is 12.8 Å². The summed E-state index contributed by atoms with van der Waals surface area (Å²) in [5.74, 6) is -1.40. The van der Waals surface area contributed by atoms with Gasteiger partial charge in [0.1, 0.15) is 12.4 Å². The Morgan fingerprint density at radius 2 is 1.59 bits per heavy atom. The number of carboxylic acids is 1. The van der Waals surface area contributed by atoms with Crippen molar-refractivity contribution < 1.29 is 24.9 Å². The van der Waals surface area contributed by atoms with Gasteiger partial charge in [-0.15, -0.1) is 0 Å². The van der Waals surface area contributed by atoms with Crippen molar-refractivity contribution >= 4 is 17.6 Å². The van der Waals surface area contributed by atoms with E-state index in [4.69, 9.17) is 5.11 Å². The molecule has 1 saturated heterocycles. The van der Waals surface area contributed by atoms with Crippen molar-refractivity contribution in [1.29, 1.82) is 0 Å². The van der Waals surface area contributed by atoms with Crippen LogP contribution >= 0.6 is 0 Å². The van der Waals surface area contributed by atoms with E-state index >= 15 is 0 Å². The number of nitrogens with zero attached hydrogens (tertiary/aromatic N) is 3. The van der Waals surface area contributed by atoms with Gasteiger partial charge in [-0.2, -0.15) is 0 Å². The Kier molecular flexibility index (Phi) is 9.14. The zero-order valence-electron chi connectivity index (χ0n) is 22.4. The molecule has 1 amide bonds. The minimum absolute atomic E-state index is 0.188. The highest BCUT2D eigenvalue weighted by Gasteiger charge is 2.23. The van der Waals surface area contributed by atoms with Gasteiger partial charge in [-0.3, -0.25) is 9.59 Å². The lowest BCUT2D eigenvalue weighted by Crippen LogP contribution is -2.34. The van der Waals surface area contributed by atoms with Crippen LogP contribution in [0.2, 0.25) is 0 Å². The molecular formula is C30H36N4O5. The Balaban J connectivity index is 1.30. The van der Waals surface area contributed by atoms with E-state index in [0.29, 0.717) is 30.3 Å². The molecule has 2 aromatic carbocycles. The number of aliphatic hydroxyl groups excluding tert-OH is 1. The predicted octanol–water partition coefficient (Wildman–Crippen LogP) is 3.28. The van der Waals surface area contributed by atoms with Gasteiger partial charge in [-0.1, -0.05) is 36.4 Å². The number of aliphatic hydroxyl groups is 1. The van der Waals surface area contributed by atoms with E-state index in [0.717, 1.165) is 37.9 Å². The lowest BCUT2D eigenvalue weighted by atomic mass is 9.92. The summed E-state index contributed by atoms with van der Waals surface area (Å²) in [6, 6.07) is 17.1. The fraction of sp³-hybridized carbons (Fsp3) is 0.400. The molecule has 1 aliphatic heterocycles. The van der Waals surface area contributed by atoms with Gasteiger partial charge in [-0.25, -0.2) is 9.97 Å². The van der Waals surface area contributed by atoms with Gasteiger partial charge in [0.05, 0.1) is 11.8 Å². The highest BCUT2D eigenvalue weighted by Crippen LogP contribution is 2.27. The minimum atomic E-state index is -1.17. The van der Waals surface area contributed by atoms with Crippen molar-refractivity contribution in [2.75, 3.05) is 24.5 Å². The number of aryl methyl sites for hydroxylation is 1. The second-order valence-electron chi connectivity index (χ2n) is 10.3. The monoisotopic (exact) mass is 532 g/mol. The summed E-state index contributed by atoms with van der Waals surface area (Å²) in [5, 5.41) is 30.8. The predicted molar refractivity (Wildman–Crippen MR) is 148 cm³/mol. The normalized spacial score (nSPS) is 14.7. The van der Waals surface area contributed by atoms with Crippen LogP contribution in [0.3, 0.4) is 0 Å². The maximum Gasteiger partial charge on any atom is 0.322 e. The third kappa shape index (κ3) is 7.77. The summed E-state index contributed by atoms with van der Waals surface area (Å²) in [7, 11) is 0. The molecule has 0 spiro atoms. The fourth-order valence-electron chi connectivity index (χ4n) is 4.96. The number of carbonyl (C=O) groups is 2. The van der Waals surface area contributed by atoms with Crippen molar-refractivity contribution in [3.8, 4) is 5.75 Å². The van der Waals surface area contributed by atoms with Crippen LogP contribution in [0.5, 0.6) is 5.75 Å². The average Bonchev–Trinajstić information content (AvgIpc) is 2.91. The standard InChI is InChI=1S/C30H36N4O5/c1-19(35)15-21-3-5-22(6-4-21)16-23-7-9-25(10-8-23)34-13-11-24(12-14-34)17-26-32-20(2)29(38)28(33-26)30(39)31-18-27(36)37/h3-10,19,24,35,38H,11-18H2,1-2H3,(H,31,39)(H,36,37). The molecule has 0 radical (unpaired) electrons. The quantitative estimate of drug-likeness (QED) is 0.312. The van der Waals surface area contributed by atoms with Crippen LogP contribution in [0.15, 0.2) is 48.5 Å². The highest BCUT2D eigenvalue weighted by molar-refractivity contribution is 5.96. The lowest BCUT2D eigenvalue weighted by Gasteiger charge is -2.33. The van der Waals surface area contributed by atoms with Gasteiger partial charge in [0.25, 0.3) is 5.91 Å². The number of aromatic nitrogens is 2. The highest BCUT2D eigenvalue weighted by atomic mass is 16.4. The summed E-state index contributed by atoms with van der Waals surface area (Å²) in [5.41, 5.74) is 4.94. The molecule has 0 saturated carbocycles. The second kappa shape index (κ2) is 12.7. The SMILES string of the molecule is Cc1nc(CC2CCN(c3ccc(Cc4ccc(CC(C)O)cc4)cc3)CC2)nc(C(=O)NCC(=O)O)c1O. The molecule has 4 rings (SSSR count). The summed E-state index contributed by atoms with van der Waals surface area (Å²) in [6.45, 7) is 4.66. The number of carbonyl (C=O) groups excluding carboxylic acids is 1. The van der Waals surface area contributed by atoms with E-state index in [2.05, 4.69) is 68.7 Å². The first-order chi connectivity index (χ1) is 18.7. The maximum absolute atomic E-state index is 12.3. The van der Waals surface area contributed by atoms with Crippen LogP contribution in [0.1, 0.15) is 58.5 Å². The Hall–Kier alpha value is -3.98. The van der Waals surface area contributed by atoms with Crippen molar-refractivity contribution in [1.82, 2.24) is 15.3 Å². The molecular weight excluding hydrogens is 496 g/mol. The number of hydrogen-bond donors (Lipinski definition) is 4. The number of rotatable bonds is 10. The van der Waals surface area contributed by atoms with Crippen molar-refractivity contribution in [3.63, 3.8) is 0 Å². The molecule has 4 N–H and O–H groups in total. The second-order valence-corrected chi connectivity index (χ2v) is 10.3.